The second-order valence-electron chi connectivity index (χ2n) is 5.19. The van der Waals surface area contributed by atoms with Crippen molar-refractivity contribution in [3.05, 3.63) is 64.7 Å². The molecule has 2 rings (SSSR count). The molecule has 1 atom stereocenters. The fraction of sp³-hybridized carbons (Fsp3) is 0.222. The molecule has 1 amide bonds. The van der Waals surface area contributed by atoms with Gasteiger partial charge >= 0.3 is 0 Å². The number of hydrogen-bond donors (Lipinski definition) is 1. The normalized spacial score (nSPS) is 11.8. The summed E-state index contributed by atoms with van der Waals surface area (Å²) in [6.07, 6.45) is 0. The Labute approximate surface area is 145 Å². The number of Topliss-reactive ketones (excluding diaryl/α,β-unsaturated/α-hetero) is 1. The number of benzene rings is 2. The van der Waals surface area contributed by atoms with E-state index in [1.807, 2.05) is 32.0 Å². The zero-order chi connectivity index (χ0) is 16.8. The number of rotatable bonds is 6. The quantitative estimate of drug-likeness (QED) is 0.777. The maximum atomic E-state index is 12.2. The van der Waals surface area contributed by atoms with Crippen molar-refractivity contribution in [2.24, 2.45) is 0 Å². The average Bonchev–Trinajstić information content (AvgIpc) is 2.55. The maximum Gasteiger partial charge on any atom is 0.234 e. The first kappa shape index (κ1) is 17.6. The van der Waals surface area contributed by atoms with Gasteiger partial charge in [-0.15, -0.1) is 11.8 Å². The summed E-state index contributed by atoms with van der Waals surface area (Å²) in [7, 11) is 0. The highest BCUT2D eigenvalue weighted by Gasteiger charge is 2.17. The van der Waals surface area contributed by atoms with Gasteiger partial charge in [-0.2, -0.15) is 0 Å². The minimum atomic E-state index is -0.269. The lowest BCUT2D eigenvalue weighted by molar-refractivity contribution is -0.113. The lowest BCUT2D eigenvalue weighted by atomic mass is 10.1. The van der Waals surface area contributed by atoms with Crippen molar-refractivity contribution in [3.8, 4) is 0 Å². The van der Waals surface area contributed by atoms with Gasteiger partial charge in [0.05, 0.1) is 11.0 Å². The van der Waals surface area contributed by atoms with Crippen LogP contribution in [0.3, 0.4) is 0 Å². The fourth-order valence-corrected chi connectivity index (χ4v) is 3.05. The Hall–Kier alpha value is -1.78. The third-order valence-electron chi connectivity index (χ3n) is 3.35. The van der Waals surface area contributed by atoms with Crippen LogP contribution < -0.4 is 5.32 Å². The lowest BCUT2D eigenvalue weighted by Gasteiger charge is -2.12. The molecule has 0 fully saturated rings. The molecule has 0 saturated heterocycles. The highest BCUT2D eigenvalue weighted by Crippen LogP contribution is 2.21. The van der Waals surface area contributed by atoms with Crippen molar-refractivity contribution in [1.29, 1.82) is 0 Å². The minimum absolute atomic E-state index is 0.0334. The summed E-state index contributed by atoms with van der Waals surface area (Å²) < 4.78 is 0. The molecule has 1 N–H and O–H groups in total. The molecule has 0 heterocycles. The molecule has 2 aromatic carbocycles. The molecule has 120 valence electrons. The Bertz CT molecular complexity index is 703. The third-order valence-corrected chi connectivity index (χ3v) is 4.73. The van der Waals surface area contributed by atoms with Crippen LogP contribution >= 0.6 is 23.4 Å². The first-order valence-corrected chi connectivity index (χ1v) is 8.67. The van der Waals surface area contributed by atoms with Crippen molar-refractivity contribution < 1.29 is 9.59 Å². The number of hydrogen-bond acceptors (Lipinski definition) is 3. The average molecular weight is 348 g/mol. The molecular formula is C18H18ClNO2S. The predicted molar refractivity (Wildman–Crippen MR) is 97.5 cm³/mol. The Kier molecular flexibility index (Phi) is 6.25. The number of ketones is 1. The summed E-state index contributed by atoms with van der Waals surface area (Å²) in [5, 5.41) is 3.21. The zero-order valence-corrected chi connectivity index (χ0v) is 14.6. The van der Waals surface area contributed by atoms with Crippen LogP contribution in [0.15, 0.2) is 48.5 Å². The van der Waals surface area contributed by atoms with E-state index >= 15 is 0 Å². The molecule has 1 unspecified atom stereocenters. The van der Waals surface area contributed by atoms with Crippen LogP contribution in [-0.4, -0.2) is 22.7 Å². The molecule has 0 aliphatic carbocycles. The van der Waals surface area contributed by atoms with Gasteiger partial charge in [-0.05, 0) is 37.6 Å². The molecule has 0 spiro atoms. The number of nitrogens with one attached hydrogen (secondary N) is 1. The topological polar surface area (TPSA) is 46.2 Å². The minimum Gasteiger partial charge on any atom is -0.325 e. The van der Waals surface area contributed by atoms with Crippen molar-refractivity contribution >= 4 is 40.7 Å². The van der Waals surface area contributed by atoms with Crippen LogP contribution in [0.1, 0.15) is 22.8 Å². The predicted octanol–water partition coefficient (Wildman–Crippen LogP) is 4.59. The molecule has 0 aliphatic rings. The van der Waals surface area contributed by atoms with Gasteiger partial charge in [-0.25, -0.2) is 0 Å². The van der Waals surface area contributed by atoms with E-state index in [0.717, 1.165) is 11.3 Å². The number of amides is 1. The molecular weight excluding hydrogens is 330 g/mol. The van der Waals surface area contributed by atoms with E-state index in [1.54, 1.807) is 30.3 Å². The summed E-state index contributed by atoms with van der Waals surface area (Å²) in [5.74, 6) is 0.126. The Morgan fingerprint density at radius 2 is 1.87 bits per heavy atom. The van der Waals surface area contributed by atoms with Crippen LogP contribution in [0.5, 0.6) is 0 Å². The molecule has 0 bridgehead atoms. The van der Waals surface area contributed by atoms with Crippen molar-refractivity contribution in [2.45, 2.75) is 19.1 Å². The first-order valence-electron chi connectivity index (χ1n) is 7.24. The first-order chi connectivity index (χ1) is 11.0. The Morgan fingerprint density at radius 1 is 1.17 bits per heavy atom. The molecule has 0 saturated carbocycles. The summed E-state index contributed by atoms with van der Waals surface area (Å²) in [4.78, 5) is 24.3. The molecule has 2 aromatic rings. The van der Waals surface area contributed by atoms with Gasteiger partial charge in [0, 0.05) is 16.3 Å². The number of thioether (sulfide) groups is 1. The fourth-order valence-electron chi connectivity index (χ4n) is 2.07. The Morgan fingerprint density at radius 3 is 2.52 bits per heavy atom. The van der Waals surface area contributed by atoms with E-state index in [1.165, 1.54) is 11.8 Å². The smallest absolute Gasteiger partial charge is 0.234 e. The largest absolute Gasteiger partial charge is 0.325 e. The summed E-state index contributed by atoms with van der Waals surface area (Å²) in [6.45, 7) is 3.71. The summed E-state index contributed by atoms with van der Waals surface area (Å²) >= 11 is 7.22. The van der Waals surface area contributed by atoms with Crippen LogP contribution in [-0.2, 0) is 4.79 Å². The number of aryl methyl sites for hydroxylation is 1. The van der Waals surface area contributed by atoms with Gasteiger partial charge in [-0.1, -0.05) is 41.9 Å². The monoisotopic (exact) mass is 347 g/mol. The van der Waals surface area contributed by atoms with Crippen molar-refractivity contribution in [2.75, 3.05) is 11.1 Å². The molecule has 0 radical (unpaired) electrons. The standard InChI is InChI=1S/C18H18ClNO2S/c1-12-10-15(19)8-9-16(12)20-17(21)11-23-13(2)18(22)14-6-4-3-5-7-14/h3-10,13H,11H2,1-2H3,(H,20,21). The van der Waals surface area contributed by atoms with Crippen LogP contribution in [0.2, 0.25) is 5.02 Å². The lowest BCUT2D eigenvalue weighted by Crippen LogP contribution is -2.20. The molecule has 5 heteroatoms. The van der Waals surface area contributed by atoms with Crippen LogP contribution in [0, 0.1) is 6.92 Å². The number of anilines is 1. The van der Waals surface area contributed by atoms with E-state index in [-0.39, 0.29) is 22.7 Å². The van der Waals surface area contributed by atoms with Gasteiger partial charge < -0.3 is 5.32 Å². The Balaban J connectivity index is 1.87. The van der Waals surface area contributed by atoms with Crippen molar-refractivity contribution in [1.82, 2.24) is 0 Å². The van der Waals surface area contributed by atoms with Gasteiger partial charge in [0.2, 0.25) is 5.91 Å². The van der Waals surface area contributed by atoms with Crippen LogP contribution in [0.25, 0.3) is 0 Å². The molecule has 3 nitrogen and oxygen atoms in total. The highest BCUT2D eigenvalue weighted by molar-refractivity contribution is 8.01. The third kappa shape index (κ3) is 5.12. The van der Waals surface area contributed by atoms with Gasteiger partial charge in [0.25, 0.3) is 0 Å². The highest BCUT2D eigenvalue weighted by atomic mass is 35.5. The molecule has 0 aliphatic heterocycles. The molecule has 0 aromatic heterocycles. The van der Waals surface area contributed by atoms with Gasteiger partial charge in [-0.3, -0.25) is 9.59 Å². The summed E-state index contributed by atoms with van der Waals surface area (Å²) in [6, 6.07) is 14.4. The number of halogens is 1. The van der Waals surface area contributed by atoms with E-state index in [9.17, 15) is 9.59 Å². The SMILES string of the molecule is Cc1cc(Cl)ccc1NC(=O)CSC(C)C(=O)c1ccccc1. The van der Waals surface area contributed by atoms with E-state index in [4.69, 9.17) is 11.6 Å². The van der Waals surface area contributed by atoms with Gasteiger partial charge in [0.1, 0.15) is 0 Å². The zero-order valence-electron chi connectivity index (χ0n) is 13.0. The molecule has 23 heavy (non-hydrogen) atoms. The van der Waals surface area contributed by atoms with E-state index < -0.39 is 0 Å². The summed E-state index contributed by atoms with van der Waals surface area (Å²) in [5.41, 5.74) is 2.31. The van der Waals surface area contributed by atoms with Crippen LogP contribution in [0.4, 0.5) is 5.69 Å². The number of carbonyl (C=O) groups is 2. The second-order valence-corrected chi connectivity index (χ2v) is 6.96. The maximum absolute atomic E-state index is 12.2. The number of carbonyl (C=O) groups excluding carboxylic acids is 2. The second kappa shape index (κ2) is 8.18. The van der Waals surface area contributed by atoms with E-state index in [2.05, 4.69) is 5.32 Å². The van der Waals surface area contributed by atoms with E-state index in [0.29, 0.717) is 10.6 Å². The van der Waals surface area contributed by atoms with Gasteiger partial charge in [0.15, 0.2) is 5.78 Å². The van der Waals surface area contributed by atoms with Crippen molar-refractivity contribution in [3.63, 3.8) is 0 Å².